The summed E-state index contributed by atoms with van der Waals surface area (Å²) in [5, 5.41) is 3.18. The Kier molecular flexibility index (Phi) is 3.31. The van der Waals surface area contributed by atoms with E-state index in [1.165, 1.54) is 6.07 Å². The number of azide groups is 1. The molecule has 4 nitrogen and oxygen atoms in total. The van der Waals surface area contributed by atoms with Crippen molar-refractivity contribution < 1.29 is 4.79 Å². The van der Waals surface area contributed by atoms with Crippen LogP contribution in [0, 0.1) is 0 Å². The molecule has 0 atom stereocenters. The molecule has 0 aromatic heterocycles. The predicted octanol–water partition coefficient (Wildman–Crippen LogP) is 3.55. The Morgan fingerprint density at radius 1 is 1.62 bits per heavy atom. The van der Waals surface area contributed by atoms with Crippen molar-refractivity contribution in [3.63, 3.8) is 0 Å². The van der Waals surface area contributed by atoms with Crippen molar-refractivity contribution in [2.45, 2.75) is 0 Å². The maximum absolute atomic E-state index is 11.1. The van der Waals surface area contributed by atoms with Crippen LogP contribution in [0.3, 0.4) is 0 Å². The van der Waals surface area contributed by atoms with Gasteiger partial charge in [0.15, 0.2) is 0 Å². The minimum Gasteiger partial charge on any atom is -0.287 e. The average Bonchev–Trinajstić information content (AvgIpc) is 2.10. The molecule has 0 saturated carbocycles. The number of carbonyl (C=O) groups excluding carboxylic acids is 1. The fourth-order valence-electron chi connectivity index (χ4n) is 0.763. The number of rotatable bonds is 1. The van der Waals surface area contributed by atoms with Gasteiger partial charge in [-0.1, -0.05) is 17.7 Å². The van der Waals surface area contributed by atoms with E-state index < -0.39 is 5.91 Å². The molecule has 0 radical (unpaired) electrons. The van der Waals surface area contributed by atoms with E-state index in [1.807, 2.05) is 0 Å². The van der Waals surface area contributed by atoms with Gasteiger partial charge in [0.05, 0.1) is 5.02 Å². The smallest absolute Gasteiger partial charge is 0.250 e. The van der Waals surface area contributed by atoms with E-state index in [4.69, 9.17) is 17.1 Å². The molecule has 0 spiro atoms. The summed E-state index contributed by atoms with van der Waals surface area (Å²) in [4.78, 5) is 13.5. The van der Waals surface area contributed by atoms with Gasteiger partial charge >= 0.3 is 0 Å². The summed E-state index contributed by atoms with van der Waals surface area (Å²) < 4.78 is 0.591. The molecular formula is C7H3BrClN3O. The van der Waals surface area contributed by atoms with Gasteiger partial charge in [-0.25, -0.2) is 0 Å². The zero-order valence-corrected chi connectivity index (χ0v) is 8.58. The minimum atomic E-state index is -0.686. The number of amides is 1. The van der Waals surface area contributed by atoms with Crippen molar-refractivity contribution >= 4 is 33.4 Å². The molecule has 0 aliphatic heterocycles. The monoisotopic (exact) mass is 259 g/mol. The van der Waals surface area contributed by atoms with Crippen LogP contribution >= 0.6 is 27.5 Å². The Hall–Kier alpha value is -1.03. The van der Waals surface area contributed by atoms with Crippen LogP contribution in [-0.2, 0) is 0 Å². The van der Waals surface area contributed by atoms with Crippen LogP contribution in [0.4, 0.5) is 0 Å². The van der Waals surface area contributed by atoms with E-state index in [9.17, 15) is 4.79 Å². The SMILES string of the molecule is [N-]=[N+]=NC(=O)c1cccc(Br)c1Cl. The molecule has 0 aliphatic carbocycles. The molecule has 1 rings (SSSR count). The van der Waals surface area contributed by atoms with Crippen molar-refractivity contribution in [2.24, 2.45) is 5.11 Å². The van der Waals surface area contributed by atoms with Gasteiger partial charge in [0.1, 0.15) is 0 Å². The van der Waals surface area contributed by atoms with Crippen molar-refractivity contribution in [2.75, 3.05) is 0 Å². The van der Waals surface area contributed by atoms with Gasteiger partial charge in [-0.3, -0.25) is 4.79 Å². The van der Waals surface area contributed by atoms with Crippen LogP contribution in [-0.4, -0.2) is 5.91 Å². The zero-order chi connectivity index (χ0) is 9.84. The van der Waals surface area contributed by atoms with Gasteiger partial charge in [-0.15, -0.1) is 0 Å². The molecule has 0 bridgehead atoms. The highest BCUT2D eigenvalue weighted by atomic mass is 79.9. The summed E-state index contributed by atoms with van der Waals surface area (Å²) in [6, 6.07) is 4.81. The third kappa shape index (κ3) is 2.21. The number of hydrogen-bond donors (Lipinski definition) is 0. The molecule has 0 N–H and O–H groups in total. The van der Waals surface area contributed by atoms with Crippen LogP contribution in [0.25, 0.3) is 10.4 Å². The molecular weight excluding hydrogens is 257 g/mol. The first-order chi connectivity index (χ1) is 6.16. The van der Waals surface area contributed by atoms with E-state index in [0.717, 1.165) is 0 Å². The van der Waals surface area contributed by atoms with E-state index in [0.29, 0.717) is 4.47 Å². The lowest BCUT2D eigenvalue weighted by Crippen LogP contribution is -1.94. The van der Waals surface area contributed by atoms with Crippen LogP contribution in [0.5, 0.6) is 0 Å². The first kappa shape index (κ1) is 10.1. The second kappa shape index (κ2) is 4.28. The molecule has 6 heteroatoms. The minimum absolute atomic E-state index is 0.189. The summed E-state index contributed by atoms with van der Waals surface area (Å²) >= 11 is 8.92. The van der Waals surface area contributed by atoms with Crippen molar-refractivity contribution in [3.8, 4) is 0 Å². The highest BCUT2D eigenvalue weighted by Crippen LogP contribution is 2.26. The number of hydrogen-bond acceptors (Lipinski definition) is 1. The summed E-state index contributed by atoms with van der Waals surface area (Å²) in [5.41, 5.74) is 8.23. The summed E-state index contributed by atoms with van der Waals surface area (Å²) in [6.07, 6.45) is 0. The van der Waals surface area contributed by atoms with Gasteiger partial charge < -0.3 is 0 Å². The van der Waals surface area contributed by atoms with Gasteiger partial charge in [0.2, 0.25) is 0 Å². The Bertz CT molecular complexity index is 401. The average molecular weight is 260 g/mol. The molecule has 0 heterocycles. The summed E-state index contributed by atoms with van der Waals surface area (Å²) in [6.45, 7) is 0. The molecule has 66 valence electrons. The van der Waals surface area contributed by atoms with E-state index in [2.05, 4.69) is 26.0 Å². The number of halogens is 2. The second-order valence-corrected chi connectivity index (χ2v) is 3.33. The van der Waals surface area contributed by atoms with Crippen LogP contribution in [0.1, 0.15) is 10.4 Å². The Morgan fingerprint density at radius 3 is 2.92 bits per heavy atom. The van der Waals surface area contributed by atoms with Crippen molar-refractivity contribution in [1.29, 1.82) is 0 Å². The van der Waals surface area contributed by atoms with Crippen LogP contribution < -0.4 is 0 Å². The van der Waals surface area contributed by atoms with Gasteiger partial charge in [0, 0.05) is 14.9 Å². The maximum Gasteiger partial charge on any atom is 0.250 e. The topological polar surface area (TPSA) is 65.8 Å². The first-order valence-electron chi connectivity index (χ1n) is 3.20. The molecule has 1 aromatic carbocycles. The van der Waals surface area contributed by atoms with Gasteiger partial charge in [-0.05, 0) is 38.7 Å². The maximum atomic E-state index is 11.1. The summed E-state index contributed by atoms with van der Waals surface area (Å²) in [7, 11) is 0. The van der Waals surface area contributed by atoms with Gasteiger partial charge in [-0.2, -0.15) is 0 Å². The standard InChI is InChI=1S/C7H3BrClN3O/c8-5-3-1-2-4(6(5)9)7(13)11-12-10/h1-3H. The number of nitrogens with zero attached hydrogens (tertiary/aromatic N) is 3. The Balaban J connectivity index is 3.22. The lowest BCUT2D eigenvalue weighted by atomic mass is 10.2. The zero-order valence-electron chi connectivity index (χ0n) is 6.24. The largest absolute Gasteiger partial charge is 0.287 e. The lowest BCUT2D eigenvalue weighted by Gasteiger charge is -1.99. The Labute approximate surface area is 87.3 Å². The van der Waals surface area contributed by atoms with Crippen LogP contribution in [0.2, 0.25) is 5.02 Å². The Morgan fingerprint density at radius 2 is 2.31 bits per heavy atom. The van der Waals surface area contributed by atoms with Crippen LogP contribution in [0.15, 0.2) is 27.8 Å². The molecule has 0 saturated heterocycles. The van der Waals surface area contributed by atoms with Crippen molar-refractivity contribution in [3.05, 3.63) is 43.7 Å². The first-order valence-corrected chi connectivity index (χ1v) is 4.37. The molecule has 0 fully saturated rings. The summed E-state index contributed by atoms with van der Waals surface area (Å²) in [5.74, 6) is -0.686. The predicted molar refractivity (Wildman–Crippen MR) is 52.6 cm³/mol. The third-order valence-electron chi connectivity index (χ3n) is 1.32. The quantitative estimate of drug-likeness (QED) is 0.432. The second-order valence-electron chi connectivity index (χ2n) is 2.10. The number of benzene rings is 1. The normalized spacial score (nSPS) is 9.08. The fraction of sp³-hybridized carbons (Fsp3) is 0. The molecule has 0 unspecified atom stereocenters. The highest BCUT2D eigenvalue weighted by Gasteiger charge is 2.09. The fourth-order valence-corrected chi connectivity index (χ4v) is 1.34. The van der Waals surface area contributed by atoms with E-state index in [-0.39, 0.29) is 10.6 Å². The van der Waals surface area contributed by atoms with E-state index in [1.54, 1.807) is 12.1 Å². The highest BCUT2D eigenvalue weighted by molar-refractivity contribution is 9.10. The molecule has 13 heavy (non-hydrogen) atoms. The molecule has 1 amide bonds. The van der Waals surface area contributed by atoms with Crippen molar-refractivity contribution in [1.82, 2.24) is 0 Å². The number of carbonyl (C=O) groups is 1. The van der Waals surface area contributed by atoms with E-state index >= 15 is 0 Å². The van der Waals surface area contributed by atoms with Gasteiger partial charge in [0.25, 0.3) is 5.91 Å². The molecule has 1 aromatic rings. The lowest BCUT2D eigenvalue weighted by molar-refractivity contribution is 0.100. The third-order valence-corrected chi connectivity index (χ3v) is 2.61. The molecule has 0 aliphatic rings.